The second-order valence-electron chi connectivity index (χ2n) is 6.70. The Kier molecular flexibility index (Phi) is 6.54. The van der Waals surface area contributed by atoms with Gasteiger partial charge in [-0.2, -0.15) is 0 Å². The Bertz CT molecular complexity index is 579. The highest BCUT2D eigenvalue weighted by Crippen LogP contribution is 2.35. The molecule has 1 aliphatic carbocycles. The standard InChI is InChI=1S/C18H27F2N3O/c1-3-21-17(22-11-13-10-14(19)7-8-15(13)20)23-12-18(2)9-5-4-6-16(18)24/h7-8,10,16,24H,3-6,9,11-12H2,1-2H3,(H2,21,22,23). The van der Waals surface area contributed by atoms with Crippen LogP contribution in [0.1, 0.15) is 45.1 Å². The van der Waals surface area contributed by atoms with Crippen molar-refractivity contribution in [3.8, 4) is 0 Å². The fourth-order valence-electron chi connectivity index (χ4n) is 3.04. The van der Waals surface area contributed by atoms with E-state index < -0.39 is 11.6 Å². The molecule has 6 heteroatoms. The zero-order valence-corrected chi connectivity index (χ0v) is 14.4. The average molecular weight is 339 g/mol. The number of benzene rings is 1. The summed E-state index contributed by atoms with van der Waals surface area (Å²) in [5.74, 6) is -0.400. The van der Waals surface area contributed by atoms with Gasteiger partial charge in [-0.05, 0) is 38.0 Å². The predicted molar refractivity (Wildman–Crippen MR) is 91.8 cm³/mol. The second kappa shape index (κ2) is 8.42. The Morgan fingerprint density at radius 1 is 1.33 bits per heavy atom. The van der Waals surface area contributed by atoms with Crippen LogP contribution in [0, 0.1) is 17.0 Å². The summed E-state index contributed by atoms with van der Waals surface area (Å²) in [6.07, 6.45) is 3.61. The number of aliphatic hydroxyl groups is 1. The van der Waals surface area contributed by atoms with E-state index in [-0.39, 0.29) is 23.6 Å². The molecular formula is C18H27F2N3O. The number of nitrogens with one attached hydrogen (secondary N) is 2. The van der Waals surface area contributed by atoms with E-state index in [2.05, 4.69) is 22.5 Å². The van der Waals surface area contributed by atoms with Gasteiger partial charge in [0.05, 0.1) is 12.6 Å². The molecule has 4 nitrogen and oxygen atoms in total. The Labute approximate surface area is 142 Å². The number of aliphatic hydroxyl groups excluding tert-OH is 1. The molecule has 1 aliphatic rings. The number of hydrogen-bond donors (Lipinski definition) is 3. The number of halogens is 2. The van der Waals surface area contributed by atoms with Crippen molar-refractivity contribution in [2.75, 3.05) is 13.1 Å². The van der Waals surface area contributed by atoms with Crippen LogP contribution in [0.15, 0.2) is 23.2 Å². The van der Waals surface area contributed by atoms with E-state index in [0.29, 0.717) is 19.0 Å². The molecule has 2 unspecified atom stereocenters. The summed E-state index contributed by atoms with van der Waals surface area (Å²) >= 11 is 0. The van der Waals surface area contributed by atoms with Gasteiger partial charge in [0, 0.05) is 24.1 Å². The minimum absolute atomic E-state index is 0.0538. The van der Waals surface area contributed by atoms with Gasteiger partial charge in [0.2, 0.25) is 0 Å². The summed E-state index contributed by atoms with van der Waals surface area (Å²) in [5.41, 5.74) is 0.0227. The Hall–Kier alpha value is -1.69. The van der Waals surface area contributed by atoms with Crippen molar-refractivity contribution in [3.05, 3.63) is 35.4 Å². The van der Waals surface area contributed by atoms with Crippen LogP contribution in [0.4, 0.5) is 8.78 Å². The minimum atomic E-state index is -0.475. The highest BCUT2D eigenvalue weighted by atomic mass is 19.1. The molecule has 0 saturated heterocycles. The van der Waals surface area contributed by atoms with Crippen LogP contribution in [0.25, 0.3) is 0 Å². The van der Waals surface area contributed by atoms with E-state index in [0.717, 1.165) is 43.9 Å². The molecule has 1 saturated carbocycles. The first-order valence-electron chi connectivity index (χ1n) is 8.59. The summed E-state index contributed by atoms with van der Waals surface area (Å²) in [6.45, 7) is 5.32. The minimum Gasteiger partial charge on any atom is -0.392 e. The number of nitrogens with zero attached hydrogens (tertiary/aromatic N) is 1. The third kappa shape index (κ3) is 4.90. The van der Waals surface area contributed by atoms with Crippen molar-refractivity contribution in [2.45, 2.75) is 52.2 Å². The maximum absolute atomic E-state index is 13.7. The largest absolute Gasteiger partial charge is 0.392 e. The molecule has 0 aliphatic heterocycles. The smallest absolute Gasteiger partial charge is 0.191 e. The second-order valence-corrected chi connectivity index (χ2v) is 6.70. The molecule has 0 radical (unpaired) electrons. The highest BCUT2D eigenvalue weighted by Gasteiger charge is 2.35. The molecule has 0 aromatic heterocycles. The third-order valence-corrected chi connectivity index (χ3v) is 4.70. The van der Waals surface area contributed by atoms with Gasteiger partial charge in [-0.25, -0.2) is 13.8 Å². The van der Waals surface area contributed by atoms with Crippen LogP contribution in [0.3, 0.4) is 0 Å². The van der Waals surface area contributed by atoms with Gasteiger partial charge in [0.1, 0.15) is 11.6 Å². The van der Waals surface area contributed by atoms with E-state index in [1.165, 1.54) is 0 Å². The summed E-state index contributed by atoms with van der Waals surface area (Å²) in [6, 6.07) is 3.37. The number of aliphatic imine (C=N–C) groups is 1. The van der Waals surface area contributed by atoms with Crippen molar-refractivity contribution < 1.29 is 13.9 Å². The SMILES string of the molecule is CCNC(=NCc1cc(F)ccc1F)NCC1(C)CCCCC1O. The molecule has 3 N–H and O–H groups in total. The summed E-state index contributed by atoms with van der Waals surface area (Å²) in [7, 11) is 0. The average Bonchev–Trinajstić information content (AvgIpc) is 2.56. The lowest BCUT2D eigenvalue weighted by molar-refractivity contribution is 0.00397. The van der Waals surface area contributed by atoms with E-state index in [1.807, 2.05) is 6.92 Å². The van der Waals surface area contributed by atoms with Crippen molar-refractivity contribution in [1.29, 1.82) is 0 Å². The van der Waals surface area contributed by atoms with Crippen molar-refractivity contribution in [1.82, 2.24) is 10.6 Å². The van der Waals surface area contributed by atoms with Gasteiger partial charge >= 0.3 is 0 Å². The monoisotopic (exact) mass is 339 g/mol. The zero-order valence-electron chi connectivity index (χ0n) is 14.4. The van der Waals surface area contributed by atoms with E-state index in [1.54, 1.807) is 0 Å². The van der Waals surface area contributed by atoms with Crippen LogP contribution in [0.2, 0.25) is 0 Å². The summed E-state index contributed by atoms with van der Waals surface area (Å²) < 4.78 is 26.9. The first-order valence-corrected chi connectivity index (χ1v) is 8.59. The van der Waals surface area contributed by atoms with E-state index in [9.17, 15) is 13.9 Å². The van der Waals surface area contributed by atoms with Gasteiger partial charge in [0.15, 0.2) is 5.96 Å². The molecule has 0 bridgehead atoms. The molecule has 1 fully saturated rings. The van der Waals surface area contributed by atoms with Crippen LogP contribution >= 0.6 is 0 Å². The van der Waals surface area contributed by atoms with Crippen LogP contribution < -0.4 is 10.6 Å². The Balaban J connectivity index is 2.01. The van der Waals surface area contributed by atoms with Gasteiger partial charge in [-0.3, -0.25) is 0 Å². The molecule has 2 atom stereocenters. The first-order chi connectivity index (χ1) is 11.4. The number of rotatable bonds is 5. The molecule has 0 heterocycles. The Morgan fingerprint density at radius 3 is 2.83 bits per heavy atom. The Morgan fingerprint density at radius 2 is 2.12 bits per heavy atom. The van der Waals surface area contributed by atoms with Gasteiger partial charge in [-0.15, -0.1) is 0 Å². The van der Waals surface area contributed by atoms with E-state index in [4.69, 9.17) is 0 Å². The summed E-state index contributed by atoms with van der Waals surface area (Å²) in [4.78, 5) is 4.33. The van der Waals surface area contributed by atoms with Crippen LogP contribution in [-0.2, 0) is 6.54 Å². The van der Waals surface area contributed by atoms with Crippen LogP contribution in [-0.4, -0.2) is 30.3 Å². The van der Waals surface area contributed by atoms with Crippen LogP contribution in [0.5, 0.6) is 0 Å². The van der Waals surface area contributed by atoms with Crippen molar-refractivity contribution >= 4 is 5.96 Å². The van der Waals surface area contributed by atoms with Crippen molar-refractivity contribution in [2.24, 2.45) is 10.4 Å². The molecule has 0 amide bonds. The molecular weight excluding hydrogens is 312 g/mol. The fraction of sp³-hybridized carbons (Fsp3) is 0.611. The lowest BCUT2D eigenvalue weighted by Crippen LogP contribution is -2.48. The lowest BCUT2D eigenvalue weighted by Gasteiger charge is -2.38. The highest BCUT2D eigenvalue weighted by molar-refractivity contribution is 5.79. The number of guanidine groups is 1. The molecule has 24 heavy (non-hydrogen) atoms. The lowest BCUT2D eigenvalue weighted by atomic mass is 9.73. The predicted octanol–water partition coefficient (Wildman–Crippen LogP) is 2.96. The fourth-order valence-corrected chi connectivity index (χ4v) is 3.04. The van der Waals surface area contributed by atoms with Gasteiger partial charge < -0.3 is 15.7 Å². The number of hydrogen-bond acceptors (Lipinski definition) is 2. The topological polar surface area (TPSA) is 56.7 Å². The van der Waals surface area contributed by atoms with Gasteiger partial charge in [-0.1, -0.05) is 19.8 Å². The van der Waals surface area contributed by atoms with Crippen molar-refractivity contribution in [3.63, 3.8) is 0 Å². The zero-order chi connectivity index (χ0) is 17.6. The molecule has 1 aromatic carbocycles. The molecule has 1 aromatic rings. The summed E-state index contributed by atoms with van der Waals surface area (Å²) in [5, 5.41) is 16.6. The molecule has 134 valence electrons. The third-order valence-electron chi connectivity index (χ3n) is 4.70. The maximum Gasteiger partial charge on any atom is 0.191 e. The van der Waals surface area contributed by atoms with Gasteiger partial charge in [0.25, 0.3) is 0 Å². The van der Waals surface area contributed by atoms with E-state index >= 15 is 0 Å². The first kappa shape index (κ1) is 18.6. The molecule has 0 spiro atoms. The molecule has 2 rings (SSSR count). The quantitative estimate of drug-likeness (QED) is 0.571. The maximum atomic E-state index is 13.7. The normalized spacial score (nSPS) is 24.7.